The third-order valence-electron chi connectivity index (χ3n) is 6.40. The number of nitrogens with one attached hydrogen (secondary N) is 1. The predicted molar refractivity (Wildman–Crippen MR) is 132 cm³/mol. The summed E-state index contributed by atoms with van der Waals surface area (Å²) in [6.07, 6.45) is 5.22. The average Bonchev–Trinajstić information content (AvgIpc) is 3.39. The van der Waals surface area contributed by atoms with Crippen LogP contribution in [-0.2, 0) is 18.4 Å². The number of anilines is 1. The van der Waals surface area contributed by atoms with E-state index in [1.165, 1.54) is 36.0 Å². The Labute approximate surface area is 190 Å². The molecule has 31 heavy (non-hydrogen) atoms. The third kappa shape index (κ3) is 4.02. The van der Waals surface area contributed by atoms with Gasteiger partial charge in [-0.2, -0.15) is 5.10 Å². The second-order valence-corrected chi connectivity index (χ2v) is 13.4. The van der Waals surface area contributed by atoms with Crippen LogP contribution in [0.25, 0.3) is 0 Å². The minimum atomic E-state index is -2.36. The van der Waals surface area contributed by atoms with Crippen molar-refractivity contribution >= 4 is 29.5 Å². The number of rotatable bonds is 5. The van der Waals surface area contributed by atoms with Gasteiger partial charge in [0.1, 0.15) is 5.76 Å². The lowest BCUT2D eigenvalue weighted by molar-refractivity contribution is 0.240. The van der Waals surface area contributed by atoms with E-state index in [9.17, 15) is 0 Å². The highest BCUT2D eigenvalue weighted by molar-refractivity contribution is 8.17. The molecule has 5 nitrogen and oxygen atoms in total. The van der Waals surface area contributed by atoms with Gasteiger partial charge < -0.3 is 9.32 Å². The van der Waals surface area contributed by atoms with Crippen LogP contribution in [0.4, 0.5) is 5.69 Å². The van der Waals surface area contributed by atoms with Gasteiger partial charge in [0.15, 0.2) is 6.34 Å². The van der Waals surface area contributed by atoms with Crippen LogP contribution in [0, 0.1) is 5.41 Å². The number of allylic oxidation sites excluding steroid dienone is 2. The zero-order valence-corrected chi connectivity index (χ0v) is 20.1. The van der Waals surface area contributed by atoms with Crippen LogP contribution in [0.1, 0.15) is 51.7 Å². The fraction of sp³-hybridized carbons (Fsp3) is 0.458. The molecule has 7 heteroatoms. The number of para-hydroxylation sites is 1. The summed E-state index contributed by atoms with van der Waals surface area (Å²) in [5, 5.41) is 10.3. The molecule has 0 spiro atoms. The molecule has 3 heterocycles. The molecule has 0 bridgehead atoms. The monoisotopic (exact) mass is 454 g/mol. The van der Waals surface area contributed by atoms with Crippen molar-refractivity contribution in [2.75, 3.05) is 17.9 Å². The van der Waals surface area contributed by atoms with Gasteiger partial charge in [0.25, 0.3) is 0 Å². The molecule has 1 fully saturated rings. The first-order valence-electron chi connectivity index (χ1n) is 11.3. The number of likely N-dealkylation sites (tertiary alicyclic amines) is 1. The molecule has 1 saturated heterocycles. The van der Waals surface area contributed by atoms with Gasteiger partial charge in [-0.25, -0.2) is 4.78 Å². The number of hydrazone groups is 1. The van der Waals surface area contributed by atoms with Crippen molar-refractivity contribution in [3.63, 3.8) is 0 Å². The summed E-state index contributed by atoms with van der Waals surface area (Å²) in [6.45, 7) is 7.58. The molecule has 0 saturated carbocycles. The van der Waals surface area contributed by atoms with Gasteiger partial charge in [-0.1, -0.05) is 43.9 Å². The zero-order chi connectivity index (χ0) is 21.5. The van der Waals surface area contributed by atoms with Crippen molar-refractivity contribution in [2.45, 2.75) is 52.5 Å². The number of fused-ring (bicyclic) bond motifs is 1. The molecule has 1 aromatic heterocycles. The first kappa shape index (κ1) is 21.0. The summed E-state index contributed by atoms with van der Waals surface area (Å²) in [6, 6.07) is 14.3. The van der Waals surface area contributed by atoms with E-state index in [4.69, 9.17) is 21.3 Å². The Morgan fingerprint density at radius 1 is 1.06 bits per heavy atom. The standard InChI is InChI=1S/C24H31N4OPS/c1-24(2)16-21-23(22(17-24)27-13-7-4-8-14-27)30(31,25-18-20-12-9-15-29-20)28(26-21)19-10-5-3-6-11-19/h3,5-6,9-12,15H,4,7-8,13-14,16-18H2,1-2H3,(H,25,31). The van der Waals surface area contributed by atoms with Crippen LogP contribution >= 0.6 is 6.34 Å². The number of hydrogen-bond donors (Lipinski definition) is 1. The maximum Gasteiger partial charge on any atom is 0.152 e. The molecule has 164 valence electrons. The molecule has 1 atom stereocenters. The topological polar surface area (TPSA) is 44.0 Å². The number of benzene rings is 1. The molecule has 2 aromatic rings. The first-order chi connectivity index (χ1) is 15.0. The fourth-order valence-corrected chi connectivity index (χ4v) is 8.77. The Morgan fingerprint density at radius 3 is 2.55 bits per heavy atom. The first-order valence-corrected chi connectivity index (χ1v) is 14.0. The van der Waals surface area contributed by atoms with Crippen molar-refractivity contribution in [1.82, 2.24) is 9.99 Å². The Kier molecular flexibility index (Phi) is 5.58. The van der Waals surface area contributed by atoms with Gasteiger partial charge in [-0.15, -0.1) is 0 Å². The van der Waals surface area contributed by atoms with E-state index >= 15 is 0 Å². The van der Waals surface area contributed by atoms with Crippen molar-refractivity contribution in [1.29, 1.82) is 0 Å². The molecular formula is C24H31N4OPS. The van der Waals surface area contributed by atoms with E-state index in [1.54, 1.807) is 6.26 Å². The number of nitrogens with zero attached hydrogens (tertiary/aromatic N) is 3. The van der Waals surface area contributed by atoms with Crippen molar-refractivity contribution < 1.29 is 4.42 Å². The highest BCUT2D eigenvalue weighted by Crippen LogP contribution is 2.65. The van der Waals surface area contributed by atoms with E-state index in [1.807, 2.05) is 18.2 Å². The fourth-order valence-electron chi connectivity index (χ4n) is 4.96. The summed E-state index contributed by atoms with van der Waals surface area (Å²) < 4.78 is 7.74. The van der Waals surface area contributed by atoms with Gasteiger partial charge >= 0.3 is 0 Å². The third-order valence-corrected chi connectivity index (χ3v) is 10.4. The normalized spacial score (nSPS) is 25.5. The van der Waals surface area contributed by atoms with Crippen LogP contribution in [0.15, 0.2) is 69.3 Å². The number of hydrogen-bond acceptors (Lipinski definition) is 4. The Bertz CT molecular complexity index is 1040. The summed E-state index contributed by atoms with van der Waals surface area (Å²) in [4.78, 5) is 2.61. The summed E-state index contributed by atoms with van der Waals surface area (Å²) in [7, 11) is 0. The Morgan fingerprint density at radius 2 is 1.84 bits per heavy atom. The quantitative estimate of drug-likeness (QED) is 0.555. The summed E-state index contributed by atoms with van der Waals surface area (Å²) in [5.74, 6) is 0.905. The van der Waals surface area contributed by atoms with E-state index in [2.05, 4.69) is 52.9 Å². The molecule has 1 N–H and O–H groups in total. The Balaban J connectivity index is 1.62. The number of furan rings is 1. The predicted octanol–water partition coefficient (Wildman–Crippen LogP) is 6.07. The van der Waals surface area contributed by atoms with Crippen LogP contribution < -0.4 is 9.87 Å². The maximum atomic E-state index is 6.55. The molecule has 0 radical (unpaired) electrons. The van der Waals surface area contributed by atoms with Crippen LogP contribution in [-0.4, -0.2) is 23.7 Å². The van der Waals surface area contributed by atoms with Gasteiger partial charge in [0.05, 0.1) is 29.5 Å². The zero-order valence-electron chi connectivity index (χ0n) is 18.4. The minimum Gasteiger partial charge on any atom is -0.468 e. The second-order valence-electron chi connectivity index (χ2n) is 9.52. The summed E-state index contributed by atoms with van der Waals surface area (Å²) >= 11 is 6.55. The summed E-state index contributed by atoms with van der Waals surface area (Å²) in [5.41, 5.74) is 3.85. The van der Waals surface area contributed by atoms with Gasteiger partial charge in [0.2, 0.25) is 0 Å². The second kappa shape index (κ2) is 8.23. The molecule has 3 aliphatic rings. The molecule has 1 aliphatic carbocycles. The molecule has 1 aromatic carbocycles. The van der Waals surface area contributed by atoms with E-state index in [0.29, 0.717) is 6.54 Å². The molecule has 2 aliphatic heterocycles. The highest BCUT2D eigenvalue weighted by Gasteiger charge is 2.47. The lowest BCUT2D eigenvalue weighted by Crippen LogP contribution is -2.37. The lowest BCUT2D eigenvalue weighted by Gasteiger charge is -2.41. The van der Waals surface area contributed by atoms with Gasteiger partial charge in [0, 0.05) is 18.8 Å². The lowest BCUT2D eigenvalue weighted by atomic mass is 9.78. The number of piperidine rings is 1. The molecule has 1 unspecified atom stereocenters. The van der Waals surface area contributed by atoms with E-state index in [0.717, 1.165) is 37.4 Å². The van der Waals surface area contributed by atoms with Crippen molar-refractivity contribution in [3.05, 3.63) is 65.5 Å². The van der Waals surface area contributed by atoms with E-state index in [-0.39, 0.29) is 5.41 Å². The maximum absolute atomic E-state index is 6.55. The average molecular weight is 455 g/mol. The molecular weight excluding hydrogens is 423 g/mol. The largest absolute Gasteiger partial charge is 0.468 e. The Hall–Kier alpha value is -1.88. The molecule has 0 amide bonds. The smallest absolute Gasteiger partial charge is 0.152 e. The van der Waals surface area contributed by atoms with Crippen LogP contribution in [0.2, 0.25) is 0 Å². The minimum absolute atomic E-state index is 0.184. The van der Waals surface area contributed by atoms with E-state index < -0.39 is 6.34 Å². The van der Waals surface area contributed by atoms with Gasteiger partial charge in [-0.05, 0) is 61.8 Å². The van der Waals surface area contributed by atoms with Gasteiger partial charge in [-0.3, -0.25) is 5.09 Å². The highest BCUT2D eigenvalue weighted by atomic mass is 32.4. The van der Waals surface area contributed by atoms with Crippen LogP contribution in [0.5, 0.6) is 0 Å². The van der Waals surface area contributed by atoms with Crippen molar-refractivity contribution in [2.24, 2.45) is 10.5 Å². The SMILES string of the molecule is CC1(C)CC2=NN(c3ccccc3)P(=S)(NCc3ccco3)C2=C(N2CCCCC2)C1. The molecule has 5 rings (SSSR count). The van der Waals surface area contributed by atoms with Crippen molar-refractivity contribution in [3.8, 4) is 0 Å². The van der Waals surface area contributed by atoms with Crippen LogP contribution in [0.3, 0.4) is 0 Å².